The third-order valence-electron chi connectivity index (χ3n) is 1.56. The monoisotopic (exact) mass is 202 g/mol. The number of hydrogen-bond donors (Lipinski definition) is 1. The van der Waals surface area contributed by atoms with Gasteiger partial charge in [0.25, 0.3) is 0 Å². The van der Waals surface area contributed by atoms with E-state index in [-0.39, 0.29) is 6.61 Å². The molecular weight excluding hydrogens is 188 g/mol. The molecule has 0 amide bonds. The van der Waals surface area contributed by atoms with E-state index in [9.17, 15) is 0 Å². The second-order valence-electron chi connectivity index (χ2n) is 2.57. The highest BCUT2D eigenvalue weighted by Gasteiger charge is 1.97. The van der Waals surface area contributed by atoms with Crippen molar-refractivity contribution in [2.75, 3.05) is 18.1 Å². The molecule has 0 saturated heterocycles. The standard InChI is InChI=1S/C9H14OS2/c10-6-7-11-12-8-9-4-2-1-3-5-9/h2,4-5,10H,1,3,6-8H2. The van der Waals surface area contributed by atoms with Crippen LogP contribution >= 0.6 is 21.6 Å². The fourth-order valence-electron chi connectivity index (χ4n) is 0.981. The second kappa shape index (κ2) is 6.63. The molecule has 1 aliphatic carbocycles. The zero-order valence-corrected chi connectivity index (χ0v) is 8.66. The normalized spacial score (nSPS) is 16.2. The van der Waals surface area contributed by atoms with E-state index in [0.29, 0.717) is 0 Å². The average Bonchev–Trinajstić information content (AvgIpc) is 2.14. The summed E-state index contributed by atoms with van der Waals surface area (Å²) < 4.78 is 0. The Hall–Kier alpha value is 0.140. The Morgan fingerprint density at radius 3 is 2.92 bits per heavy atom. The summed E-state index contributed by atoms with van der Waals surface area (Å²) in [6, 6.07) is 0. The van der Waals surface area contributed by atoms with Crippen LogP contribution in [0.5, 0.6) is 0 Å². The Morgan fingerprint density at radius 2 is 2.25 bits per heavy atom. The molecule has 0 aromatic carbocycles. The van der Waals surface area contributed by atoms with Crippen LogP contribution in [0.1, 0.15) is 12.8 Å². The summed E-state index contributed by atoms with van der Waals surface area (Å²) in [7, 11) is 3.56. The molecule has 1 nitrogen and oxygen atoms in total. The van der Waals surface area contributed by atoms with Crippen LogP contribution in [0.15, 0.2) is 23.8 Å². The van der Waals surface area contributed by atoms with Crippen molar-refractivity contribution in [3.63, 3.8) is 0 Å². The minimum Gasteiger partial charge on any atom is -0.395 e. The lowest BCUT2D eigenvalue weighted by Crippen LogP contribution is -1.88. The highest BCUT2D eigenvalue weighted by Crippen LogP contribution is 2.25. The molecule has 0 spiro atoms. The predicted octanol–water partition coefficient (Wildman–Crippen LogP) is 2.64. The van der Waals surface area contributed by atoms with E-state index in [1.54, 1.807) is 10.8 Å². The van der Waals surface area contributed by atoms with Gasteiger partial charge in [-0.3, -0.25) is 0 Å². The van der Waals surface area contributed by atoms with Crippen LogP contribution in [0.3, 0.4) is 0 Å². The van der Waals surface area contributed by atoms with Gasteiger partial charge in [0.2, 0.25) is 0 Å². The van der Waals surface area contributed by atoms with Crippen molar-refractivity contribution in [3.05, 3.63) is 23.8 Å². The van der Waals surface area contributed by atoms with Crippen molar-refractivity contribution < 1.29 is 5.11 Å². The molecule has 1 N–H and O–H groups in total. The molecule has 0 atom stereocenters. The van der Waals surface area contributed by atoms with E-state index >= 15 is 0 Å². The highest BCUT2D eigenvalue weighted by atomic mass is 33.1. The third-order valence-corrected chi connectivity index (χ3v) is 3.88. The molecule has 0 aromatic heterocycles. The molecular formula is C9H14OS2. The van der Waals surface area contributed by atoms with Gasteiger partial charge >= 0.3 is 0 Å². The Balaban J connectivity index is 2.06. The topological polar surface area (TPSA) is 20.2 Å². The molecule has 0 radical (unpaired) electrons. The van der Waals surface area contributed by atoms with Crippen LogP contribution in [-0.2, 0) is 0 Å². The molecule has 3 heteroatoms. The van der Waals surface area contributed by atoms with Crippen LogP contribution < -0.4 is 0 Å². The van der Waals surface area contributed by atoms with Crippen molar-refractivity contribution in [3.8, 4) is 0 Å². The third kappa shape index (κ3) is 4.24. The van der Waals surface area contributed by atoms with Gasteiger partial charge in [0.05, 0.1) is 6.61 Å². The molecule has 0 aliphatic heterocycles. The molecule has 0 heterocycles. The summed E-state index contributed by atoms with van der Waals surface area (Å²) in [5.41, 5.74) is 1.43. The van der Waals surface area contributed by atoms with Crippen LogP contribution in [0, 0.1) is 0 Å². The summed E-state index contributed by atoms with van der Waals surface area (Å²) >= 11 is 0. The summed E-state index contributed by atoms with van der Waals surface area (Å²) in [5, 5.41) is 8.54. The molecule has 0 unspecified atom stereocenters. The molecule has 12 heavy (non-hydrogen) atoms. The minimum absolute atomic E-state index is 0.284. The van der Waals surface area contributed by atoms with Crippen molar-refractivity contribution in [2.24, 2.45) is 0 Å². The van der Waals surface area contributed by atoms with Crippen LogP contribution in [-0.4, -0.2) is 23.2 Å². The first-order valence-corrected chi connectivity index (χ1v) is 6.63. The van der Waals surface area contributed by atoms with Gasteiger partial charge in [-0.2, -0.15) is 0 Å². The van der Waals surface area contributed by atoms with E-state index in [1.165, 1.54) is 18.4 Å². The maximum Gasteiger partial charge on any atom is 0.0530 e. The molecule has 1 aliphatic rings. The van der Waals surface area contributed by atoms with Gasteiger partial charge in [0.15, 0.2) is 0 Å². The first-order chi connectivity index (χ1) is 5.93. The van der Waals surface area contributed by atoms with E-state index < -0.39 is 0 Å². The van der Waals surface area contributed by atoms with Gasteiger partial charge in [-0.1, -0.05) is 39.8 Å². The van der Waals surface area contributed by atoms with Crippen LogP contribution in [0.2, 0.25) is 0 Å². The van der Waals surface area contributed by atoms with Crippen LogP contribution in [0.4, 0.5) is 0 Å². The molecule has 68 valence electrons. The fourth-order valence-corrected chi connectivity index (χ4v) is 2.84. The molecule has 0 bridgehead atoms. The molecule has 1 rings (SSSR count). The van der Waals surface area contributed by atoms with E-state index in [0.717, 1.165) is 11.5 Å². The lowest BCUT2D eigenvalue weighted by molar-refractivity contribution is 0.323. The first-order valence-electron chi connectivity index (χ1n) is 4.14. The summed E-state index contributed by atoms with van der Waals surface area (Å²) in [4.78, 5) is 0. The zero-order valence-electron chi connectivity index (χ0n) is 7.03. The Kier molecular flexibility index (Phi) is 5.65. The molecule has 0 saturated carbocycles. The second-order valence-corrected chi connectivity index (χ2v) is 5.15. The van der Waals surface area contributed by atoms with E-state index in [2.05, 4.69) is 18.2 Å². The highest BCUT2D eigenvalue weighted by molar-refractivity contribution is 8.76. The maximum atomic E-state index is 8.54. The Bertz CT molecular complexity index is 175. The smallest absolute Gasteiger partial charge is 0.0530 e. The maximum absolute atomic E-state index is 8.54. The van der Waals surface area contributed by atoms with Crippen LogP contribution in [0.25, 0.3) is 0 Å². The number of aliphatic hydroxyl groups is 1. The van der Waals surface area contributed by atoms with Gasteiger partial charge < -0.3 is 5.11 Å². The number of rotatable bonds is 5. The SMILES string of the molecule is OCCSSCC1=CCCC=C1. The minimum atomic E-state index is 0.284. The lowest BCUT2D eigenvalue weighted by atomic mass is 10.1. The van der Waals surface area contributed by atoms with Crippen molar-refractivity contribution in [1.29, 1.82) is 0 Å². The van der Waals surface area contributed by atoms with Crippen molar-refractivity contribution in [1.82, 2.24) is 0 Å². The van der Waals surface area contributed by atoms with Crippen molar-refractivity contribution >= 4 is 21.6 Å². The predicted molar refractivity (Wildman–Crippen MR) is 58.5 cm³/mol. The largest absolute Gasteiger partial charge is 0.395 e. The van der Waals surface area contributed by atoms with E-state index in [4.69, 9.17) is 5.11 Å². The molecule has 0 fully saturated rings. The van der Waals surface area contributed by atoms with Gasteiger partial charge in [0.1, 0.15) is 0 Å². The Morgan fingerprint density at radius 1 is 1.33 bits per heavy atom. The molecule has 0 aromatic rings. The van der Waals surface area contributed by atoms with Gasteiger partial charge in [-0.05, 0) is 18.4 Å². The van der Waals surface area contributed by atoms with Crippen molar-refractivity contribution in [2.45, 2.75) is 12.8 Å². The summed E-state index contributed by atoms with van der Waals surface area (Å²) in [6.07, 6.45) is 9.12. The van der Waals surface area contributed by atoms with Gasteiger partial charge in [-0.25, -0.2) is 0 Å². The summed E-state index contributed by atoms with van der Waals surface area (Å²) in [6.45, 7) is 0.284. The van der Waals surface area contributed by atoms with E-state index in [1.807, 2.05) is 10.8 Å². The number of aliphatic hydroxyl groups excluding tert-OH is 1. The lowest BCUT2D eigenvalue weighted by Gasteiger charge is -2.05. The zero-order chi connectivity index (χ0) is 8.65. The quantitative estimate of drug-likeness (QED) is 0.547. The summed E-state index contributed by atoms with van der Waals surface area (Å²) in [5.74, 6) is 1.91. The van der Waals surface area contributed by atoms with Gasteiger partial charge in [0, 0.05) is 11.5 Å². The average molecular weight is 202 g/mol. The van der Waals surface area contributed by atoms with Gasteiger partial charge in [-0.15, -0.1) is 0 Å². The number of hydrogen-bond acceptors (Lipinski definition) is 3. The Labute approximate surface area is 81.7 Å². The first kappa shape index (κ1) is 10.2. The number of allylic oxidation sites excluding steroid dienone is 3. The fraction of sp³-hybridized carbons (Fsp3) is 0.556.